The molecule has 27 heavy (non-hydrogen) atoms. The molecule has 2 fully saturated rings. The molecule has 0 aromatic heterocycles. The monoisotopic (exact) mass is 502 g/mol. The Balaban J connectivity index is 0.00000261. The highest BCUT2D eigenvalue weighted by molar-refractivity contribution is 14.0. The van der Waals surface area contributed by atoms with Crippen LogP contribution in [0.2, 0.25) is 0 Å². The van der Waals surface area contributed by atoms with Gasteiger partial charge in [-0.3, -0.25) is 9.89 Å². The fourth-order valence-corrected chi connectivity index (χ4v) is 4.90. The van der Waals surface area contributed by atoms with Crippen molar-refractivity contribution in [2.75, 3.05) is 25.6 Å². The molecule has 2 unspecified atom stereocenters. The minimum atomic E-state index is 0. The summed E-state index contributed by atoms with van der Waals surface area (Å²) in [6.45, 7) is 2.12. The zero-order chi connectivity index (χ0) is 18.2. The summed E-state index contributed by atoms with van der Waals surface area (Å²) >= 11 is 1.92. The van der Waals surface area contributed by atoms with Gasteiger partial charge in [-0.1, -0.05) is 30.3 Å². The fourth-order valence-electron chi connectivity index (χ4n) is 4.41. The molecule has 4 nitrogen and oxygen atoms in total. The molecule has 3 rings (SSSR count). The third-order valence-corrected chi connectivity index (χ3v) is 6.42. The maximum atomic E-state index is 4.43. The Hall–Kier alpha value is -0.470. The molecule has 2 aliphatic heterocycles. The second-order valence-corrected chi connectivity index (χ2v) is 8.54. The highest BCUT2D eigenvalue weighted by Crippen LogP contribution is 2.36. The third kappa shape index (κ3) is 6.82. The molecule has 0 aliphatic carbocycles. The molecule has 1 aromatic carbocycles. The average molecular weight is 503 g/mol. The maximum absolute atomic E-state index is 4.43. The number of rotatable bonds is 8. The number of nitrogens with zero attached hydrogens (tertiary/aromatic N) is 2. The molecular formula is C21H35IN4S. The van der Waals surface area contributed by atoms with Crippen molar-refractivity contribution in [3.63, 3.8) is 0 Å². The Bertz CT molecular complexity index is 555. The van der Waals surface area contributed by atoms with Crippen molar-refractivity contribution < 1.29 is 0 Å². The van der Waals surface area contributed by atoms with Crippen molar-refractivity contribution in [1.82, 2.24) is 15.5 Å². The lowest BCUT2D eigenvalue weighted by Gasteiger charge is -2.39. The number of thioether (sulfide) groups is 1. The number of halogens is 1. The minimum Gasteiger partial charge on any atom is -0.356 e. The van der Waals surface area contributed by atoms with Gasteiger partial charge in [0.25, 0.3) is 0 Å². The molecule has 0 spiro atoms. The molecule has 2 atom stereocenters. The second kappa shape index (κ2) is 12.2. The predicted octanol–water partition coefficient (Wildman–Crippen LogP) is 4.11. The molecule has 2 bridgehead atoms. The van der Waals surface area contributed by atoms with E-state index >= 15 is 0 Å². The quantitative estimate of drug-likeness (QED) is 0.243. The van der Waals surface area contributed by atoms with Gasteiger partial charge in [0, 0.05) is 38.3 Å². The summed E-state index contributed by atoms with van der Waals surface area (Å²) in [5, 5.41) is 7.18. The third-order valence-electron chi connectivity index (χ3n) is 5.72. The van der Waals surface area contributed by atoms with Crippen molar-refractivity contribution in [2.45, 2.75) is 63.2 Å². The Morgan fingerprint density at radius 2 is 1.85 bits per heavy atom. The van der Waals surface area contributed by atoms with E-state index in [4.69, 9.17) is 0 Å². The lowest BCUT2D eigenvalue weighted by Crippen LogP contribution is -2.52. The Morgan fingerprint density at radius 1 is 1.15 bits per heavy atom. The van der Waals surface area contributed by atoms with Gasteiger partial charge < -0.3 is 10.6 Å². The highest BCUT2D eigenvalue weighted by Gasteiger charge is 2.40. The fraction of sp³-hybridized carbons (Fsp3) is 0.667. The van der Waals surface area contributed by atoms with Gasteiger partial charge in [-0.2, -0.15) is 11.8 Å². The number of aliphatic imine (C=N–C) groups is 1. The van der Waals surface area contributed by atoms with E-state index in [0.29, 0.717) is 18.1 Å². The number of hydrogen-bond donors (Lipinski definition) is 2. The van der Waals surface area contributed by atoms with Crippen LogP contribution >= 0.6 is 35.7 Å². The number of piperidine rings is 1. The summed E-state index contributed by atoms with van der Waals surface area (Å²) in [5.41, 5.74) is 1.44. The van der Waals surface area contributed by atoms with Gasteiger partial charge in [-0.15, -0.1) is 24.0 Å². The Labute approximate surface area is 186 Å². The first kappa shape index (κ1) is 22.8. The molecule has 0 radical (unpaired) electrons. The second-order valence-electron chi connectivity index (χ2n) is 7.55. The Morgan fingerprint density at radius 3 is 2.48 bits per heavy atom. The summed E-state index contributed by atoms with van der Waals surface area (Å²) in [7, 11) is 1.89. The van der Waals surface area contributed by atoms with E-state index in [-0.39, 0.29) is 24.0 Å². The van der Waals surface area contributed by atoms with Crippen LogP contribution in [0.3, 0.4) is 0 Å². The molecule has 2 saturated heterocycles. The lowest BCUT2D eigenvalue weighted by molar-refractivity contribution is 0.114. The Kier molecular flexibility index (Phi) is 10.3. The molecule has 2 aliphatic rings. The van der Waals surface area contributed by atoms with Crippen LogP contribution in [0.5, 0.6) is 0 Å². The van der Waals surface area contributed by atoms with E-state index in [1.165, 1.54) is 49.8 Å². The lowest BCUT2D eigenvalue weighted by atomic mass is 9.96. The van der Waals surface area contributed by atoms with E-state index in [9.17, 15) is 0 Å². The van der Waals surface area contributed by atoms with Gasteiger partial charge in [0.1, 0.15) is 0 Å². The van der Waals surface area contributed by atoms with Crippen LogP contribution in [0.25, 0.3) is 0 Å². The summed E-state index contributed by atoms with van der Waals surface area (Å²) in [6, 6.07) is 12.9. The molecule has 2 heterocycles. The molecule has 152 valence electrons. The normalized spacial score (nSPS) is 25.1. The van der Waals surface area contributed by atoms with Crippen LogP contribution in [-0.4, -0.2) is 54.6 Å². The number of nitrogens with one attached hydrogen (secondary N) is 2. The number of fused-ring (bicyclic) bond motifs is 2. The molecule has 1 aromatic rings. The summed E-state index contributed by atoms with van der Waals surface area (Å²) in [4.78, 5) is 7.17. The molecular weight excluding hydrogens is 467 g/mol. The van der Waals surface area contributed by atoms with Crippen LogP contribution in [0.4, 0.5) is 0 Å². The van der Waals surface area contributed by atoms with Gasteiger partial charge in [-0.05, 0) is 56.1 Å². The van der Waals surface area contributed by atoms with Crippen LogP contribution in [0.1, 0.15) is 44.1 Å². The first-order chi connectivity index (χ1) is 12.8. The zero-order valence-corrected chi connectivity index (χ0v) is 19.8. The zero-order valence-electron chi connectivity index (χ0n) is 16.7. The van der Waals surface area contributed by atoms with Crippen molar-refractivity contribution in [1.29, 1.82) is 0 Å². The van der Waals surface area contributed by atoms with Gasteiger partial charge >= 0.3 is 0 Å². The predicted molar refractivity (Wildman–Crippen MR) is 129 cm³/mol. The van der Waals surface area contributed by atoms with Crippen molar-refractivity contribution >= 4 is 41.7 Å². The minimum absolute atomic E-state index is 0. The van der Waals surface area contributed by atoms with Crippen LogP contribution in [0, 0.1) is 0 Å². The van der Waals surface area contributed by atoms with E-state index in [1.807, 2.05) is 18.8 Å². The van der Waals surface area contributed by atoms with Gasteiger partial charge in [0.15, 0.2) is 5.96 Å². The van der Waals surface area contributed by atoms with Crippen molar-refractivity contribution in [2.24, 2.45) is 4.99 Å². The summed E-state index contributed by atoms with van der Waals surface area (Å²) in [5.74, 6) is 2.23. The van der Waals surface area contributed by atoms with Crippen molar-refractivity contribution in [3.05, 3.63) is 35.9 Å². The standard InChI is InChI=1S/C21H34N4S.HI/c1-22-21(23-12-6-7-13-26-2)24-18-14-19-10-11-20(15-18)25(19)16-17-8-4-3-5-9-17;/h3-5,8-9,18-20H,6-7,10-16H2,1-2H3,(H2,22,23,24);1H. The van der Waals surface area contributed by atoms with E-state index in [1.54, 1.807) is 0 Å². The first-order valence-corrected chi connectivity index (χ1v) is 11.5. The number of hydrogen-bond acceptors (Lipinski definition) is 3. The van der Waals surface area contributed by atoms with E-state index < -0.39 is 0 Å². The summed E-state index contributed by atoms with van der Waals surface area (Å²) < 4.78 is 0. The number of unbranched alkanes of at least 4 members (excludes halogenated alkanes) is 1. The molecule has 0 saturated carbocycles. The first-order valence-electron chi connectivity index (χ1n) is 10.1. The topological polar surface area (TPSA) is 39.7 Å². The highest BCUT2D eigenvalue weighted by atomic mass is 127. The SMILES string of the molecule is CN=C(NCCCCSC)NC1CC2CCC(C1)N2Cc1ccccc1.I. The van der Waals surface area contributed by atoms with Gasteiger partial charge in [0.05, 0.1) is 0 Å². The maximum Gasteiger partial charge on any atom is 0.191 e. The largest absolute Gasteiger partial charge is 0.356 e. The molecule has 0 amide bonds. The van der Waals surface area contributed by atoms with Crippen LogP contribution in [0.15, 0.2) is 35.3 Å². The van der Waals surface area contributed by atoms with E-state index in [0.717, 1.165) is 19.0 Å². The number of guanidine groups is 1. The molecule has 6 heteroatoms. The van der Waals surface area contributed by atoms with Gasteiger partial charge in [0.2, 0.25) is 0 Å². The van der Waals surface area contributed by atoms with Gasteiger partial charge in [-0.25, -0.2) is 0 Å². The van der Waals surface area contributed by atoms with Crippen molar-refractivity contribution in [3.8, 4) is 0 Å². The average Bonchev–Trinajstić information content (AvgIpc) is 2.90. The van der Waals surface area contributed by atoms with Crippen LogP contribution < -0.4 is 10.6 Å². The number of benzene rings is 1. The van der Waals surface area contributed by atoms with E-state index in [2.05, 4.69) is 57.1 Å². The smallest absolute Gasteiger partial charge is 0.191 e. The summed E-state index contributed by atoms with van der Waals surface area (Å²) in [6.07, 6.45) is 9.81. The van der Waals surface area contributed by atoms with Crippen LogP contribution in [-0.2, 0) is 6.54 Å². The molecule has 2 N–H and O–H groups in total.